The fourth-order valence-corrected chi connectivity index (χ4v) is 1.99. The third kappa shape index (κ3) is 3.23. The summed E-state index contributed by atoms with van der Waals surface area (Å²) in [5, 5.41) is 3.04. The van der Waals surface area contributed by atoms with Crippen LogP contribution in [0.4, 0.5) is 14.5 Å². The van der Waals surface area contributed by atoms with Crippen LogP contribution in [0.5, 0.6) is 5.75 Å². The number of halogens is 3. The van der Waals surface area contributed by atoms with Gasteiger partial charge in [-0.05, 0) is 28.1 Å². The normalized spacial score (nSPS) is 10.8. The van der Waals surface area contributed by atoms with Gasteiger partial charge in [0.05, 0.1) is 19.3 Å². The lowest BCUT2D eigenvalue weighted by atomic mass is 10.3. The average molecular weight is 332 g/mol. The highest BCUT2D eigenvalue weighted by molar-refractivity contribution is 9.10. The number of hydrogen-bond donors (Lipinski definition) is 1. The molecule has 19 heavy (non-hydrogen) atoms. The molecule has 0 aliphatic carbocycles. The van der Waals surface area contributed by atoms with E-state index in [9.17, 15) is 8.78 Å². The smallest absolute Gasteiger partial charge is 0.319 e. The van der Waals surface area contributed by atoms with Gasteiger partial charge in [0.1, 0.15) is 11.6 Å². The lowest BCUT2D eigenvalue weighted by molar-refractivity contribution is 0.0673. The van der Waals surface area contributed by atoms with Crippen molar-refractivity contribution in [2.45, 2.75) is 13.1 Å². The lowest BCUT2D eigenvalue weighted by Gasteiger charge is -2.11. The molecule has 0 saturated carbocycles. The van der Waals surface area contributed by atoms with Crippen LogP contribution in [0.15, 0.2) is 35.1 Å². The van der Waals surface area contributed by atoms with Crippen molar-refractivity contribution in [3.05, 3.63) is 40.9 Å². The van der Waals surface area contributed by atoms with Crippen LogP contribution in [-0.2, 0) is 6.54 Å². The molecule has 1 aromatic carbocycles. The topological polar surface area (TPSA) is 39.1 Å². The van der Waals surface area contributed by atoms with Crippen LogP contribution in [0.3, 0.4) is 0 Å². The number of imidazole rings is 1. The number of alkyl halides is 2. The van der Waals surface area contributed by atoms with E-state index < -0.39 is 6.55 Å². The Kier molecular flexibility index (Phi) is 4.36. The van der Waals surface area contributed by atoms with Crippen molar-refractivity contribution in [2.75, 3.05) is 12.4 Å². The summed E-state index contributed by atoms with van der Waals surface area (Å²) in [6, 6.07) is 5.40. The number of anilines is 1. The third-order valence-electron chi connectivity index (χ3n) is 2.57. The van der Waals surface area contributed by atoms with Crippen molar-refractivity contribution < 1.29 is 13.5 Å². The monoisotopic (exact) mass is 331 g/mol. The van der Waals surface area contributed by atoms with E-state index in [1.807, 2.05) is 6.07 Å². The summed E-state index contributed by atoms with van der Waals surface area (Å²) in [6.45, 7) is -2.39. The number of benzene rings is 1. The van der Waals surface area contributed by atoms with E-state index in [2.05, 4.69) is 26.2 Å². The number of ether oxygens (including phenoxy) is 1. The Morgan fingerprint density at radius 1 is 1.47 bits per heavy atom. The number of aromatic nitrogens is 2. The zero-order valence-electron chi connectivity index (χ0n) is 10.1. The standard InChI is InChI=1S/C12H12BrF2N3O/c1-19-8-2-3-9(13)10(6-8)17-7-11-16-4-5-18(11)12(14)15/h2-6,12,17H,7H2,1H3. The van der Waals surface area contributed by atoms with Crippen LogP contribution in [0.1, 0.15) is 12.4 Å². The first kappa shape index (κ1) is 13.8. The molecule has 0 unspecified atom stereocenters. The first-order valence-electron chi connectivity index (χ1n) is 5.49. The van der Waals surface area contributed by atoms with Gasteiger partial charge >= 0.3 is 6.55 Å². The van der Waals surface area contributed by atoms with Gasteiger partial charge in [-0.25, -0.2) is 4.98 Å². The van der Waals surface area contributed by atoms with Crippen LogP contribution in [0.2, 0.25) is 0 Å². The minimum absolute atomic E-state index is 0.198. The highest BCUT2D eigenvalue weighted by Crippen LogP contribution is 2.27. The molecule has 0 amide bonds. The Morgan fingerprint density at radius 2 is 2.26 bits per heavy atom. The second-order valence-electron chi connectivity index (χ2n) is 3.73. The van der Waals surface area contributed by atoms with E-state index in [1.54, 1.807) is 19.2 Å². The predicted octanol–water partition coefficient (Wildman–Crippen LogP) is 3.66. The minimum Gasteiger partial charge on any atom is -0.497 e. The number of hydrogen-bond acceptors (Lipinski definition) is 3. The summed E-state index contributed by atoms with van der Waals surface area (Å²) in [6.07, 6.45) is 2.60. The summed E-state index contributed by atoms with van der Waals surface area (Å²) < 4.78 is 32.1. The van der Waals surface area contributed by atoms with Gasteiger partial charge in [0.2, 0.25) is 0 Å². The molecular formula is C12H12BrF2N3O. The molecule has 0 bridgehead atoms. The van der Waals surface area contributed by atoms with Crippen LogP contribution in [0.25, 0.3) is 0 Å². The molecule has 0 atom stereocenters. The lowest BCUT2D eigenvalue weighted by Crippen LogP contribution is -2.09. The fourth-order valence-electron chi connectivity index (χ4n) is 1.60. The first-order valence-corrected chi connectivity index (χ1v) is 6.28. The molecular weight excluding hydrogens is 320 g/mol. The Balaban J connectivity index is 2.12. The van der Waals surface area contributed by atoms with E-state index >= 15 is 0 Å². The first-order chi connectivity index (χ1) is 9.11. The number of nitrogens with zero attached hydrogens (tertiary/aromatic N) is 2. The van der Waals surface area contributed by atoms with E-state index in [1.165, 1.54) is 12.4 Å². The summed E-state index contributed by atoms with van der Waals surface area (Å²) >= 11 is 3.38. The van der Waals surface area contributed by atoms with Crippen molar-refractivity contribution >= 4 is 21.6 Å². The zero-order chi connectivity index (χ0) is 13.8. The molecule has 0 aliphatic heterocycles. The van der Waals surface area contributed by atoms with Gasteiger partial charge in [-0.2, -0.15) is 8.78 Å². The maximum Gasteiger partial charge on any atom is 0.319 e. The fraction of sp³-hybridized carbons (Fsp3) is 0.250. The van der Waals surface area contributed by atoms with Crippen molar-refractivity contribution in [2.24, 2.45) is 0 Å². The SMILES string of the molecule is COc1ccc(Br)c(NCc2nccn2C(F)F)c1. The van der Waals surface area contributed by atoms with Crippen molar-refractivity contribution in [1.29, 1.82) is 0 Å². The summed E-state index contributed by atoms with van der Waals surface area (Å²) in [5.41, 5.74) is 0.753. The van der Waals surface area contributed by atoms with Crippen LogP contribution in [0, 0.1) is 0 Å². The Bertz CT molecular complexity index is 560. The average Bonchev–Trinajstić information content (AvgIpc) is 2.86. The predicted molar refractivity (Wildman–Crippen MR) is 71.5 cm³/mol. The minimum atomic E-state index is -2.59. The molecule has 7 heteroatoms. The number of rotatable bonds is 5. The van der Waals surface area contributed by atoms with Gasteiger partial charge in [0.25, 0.3) is 0 Å². The van der Waals surface area contributed by atoms with Crippen molar-refractivity contribution in [3.63, 3.8) is 0 Å². The third-order valence-corrected chi connectivity index (χ3v) is 3.26. The maximum absolute atomic E-state index is 12.7. The van der Waals surface area contributed by atoms with E-state index in [0.29, 0.717) is 5.75 Å². The molecule has 1 N–H and O–H groups in total. The molecule has 0 fully saturated rings. The second kappa shape index (κ2) is 6.01. The van der Waals surface area contributed by atoms with Crippen LogP contribution < -0.4 is 10.1 Å². The highest BCUT2D eigenvalue weighted by Gasteiger charge is 2.11. The van der Waals surface area contributed by atoms with Crippen LogP contribution >= 0.6 is 15.9 Å². The van der Waals surface area contributed by atoms with Gasteiger partial charge in [-0.1, -0.05) is 0 Å². The summed E-state index contributed by atoms with van der Waals surface area (Å²) in [7, 11) is 1.57. The Labute approximate surface area is 117 Å². The molecule has 0 spiro atoms. The summed E-state index contributed by atoms with van der Waals surface area (Å²) in [5.74, 6) is 0.952. The zero-order valence-corrected chi connectivity index (χ0v) is 11.7. The van der Waals surface area contributed by atoms with Crippen molar-refractivity contribution in [1.82, 2.24) is 9.55 Å². The van der Waals surface area contributed by atoms with Crippen LogP contribution in [-0.4, -0.2) is 16.7 Å². The van der Waals surface area contributed by atoms with Crippen molar-refractivity contribution in [3.8, 4) is 5.75 Å². The van der Waals surface area contributed by atoms with E-state index in [4.69, 9.17) is 4.74 Å². The summed E-state index contributed by atoms with van der Waals surface area (Å²) in [4.78, 5) is 3.90. The van der Waals surface area contributed by atoms with Gasteiger partial charge < -0.3 is 10.1 Å². The largest absolute Gasteiger partial charge is 0.497 e. The van der Waals surface area contributed by atoms with Gasteiger partial charge in [0.15, 0.2) is 0 Å². The molecule has 2 rings (SSSR count). The van der Waals surface area contributed by atoms with Gasteiger partial charge in [-0.15, -0.1) is 0 Å². The second-order valence-corrected chi connectivity index (χ2v) is 4.58. The molecule has 0 radical (unpaired) electrons. The molecule has 1 aromatic heterocycles. The highest BCUT2D eigenvalue weighted by atomic mass is 79.9. The maximum atomic E-state index is 12.7. The van der Waals surface area contributed by atoms with Gasteiger partial charge in [0, 0.05) is 22.9 Å². The molecule has 0 saturated heterocycles. The molecule has 102 valence electrons. The van der Waals surface area contributed by atoms with Gasteiger partial charge in [-0.3, -0.25) is 4.57 Å². The number of nitrogens with one attached hydrogen (secondary N) is 1. The molecule has 0 aliphatic rings. The van der Waals surface area contributed by atoms with E-state index in [-0.39, 0.29) is 12.4 Å². The number of methoxy groups -OCH3 is 1. The molecule has 1 heterocycles. The Hall–Kier alpha value is -1.63. The molecule has 2 aromatic rings. The van der Waals surface area contributed by atoms with E-state index in [0.717, 1.165) is 14.7 Å². The quantitative estimate of drug-likeness (QED) is 0.908. The molecule has 4 nitrogen and oxygen atoms in total. The Morgan fingerprint density at radius 3 is 2.95 bits per heavy atom.